The zero-order chi connectivity index (χ0) is 19.7. The molecule has 1 aliphatic heterocycles. The molecule has 1 aliphatic rings. The lowest BCUT2D eigenvalue weighted by molar-refractivity contribution is -0.132. The molecule has 1 N–H and O–H groups in total. The number of methoxy groups -OCH3 is 1. The van der Waals surface area contributed by atoms with E-state index in [4.69, 9.17) is 4.74 Å². The molecule has 8 heteroatoms. The van der Waals surface area contributed by atoms with Crippen LogP contribution in [0.4, 0.5) is 5.95 Å². The molecular formula is C20H15N3O4S. The van der Waals surface area contributed by atoms with Gasteiger partial charge in [0.25, 0.3) is 5.78 Å². The van der Waals surface area contributed by atoms with Gasteiger partial charge in [-0.25, -0.2) is 9.97 Å². The van der Waals surface area contributed by atoms with E-state index in [1.165, 1.54) is 35.7 Å². The first-order chi connectivity index (χ1) is 13.6. The first-order valence-electron chi connectivity index (χ1n) is 8.37. The Morgan fingerprint density at radius 1 is 1.11 bits per heavy atom. The van der Waals surface area contributed by atoms with Crippen LogP contribution in [0, 0.1) is 0 Å². The summed E-state index contributed by atoms with van der Waals surface area (Å²) in [4.78, 5) is 35.8. The van der Waals surface area contributed by atoms with Crippen LogP contribution >= 0.6 is 11.3 Å². The van der Waals surface area contributed by atoms with E-state index in [1.54, 1.807) is 36.4 Å². The van der Waals surface area contributed by atoms with Gasteiger partial charge in [0.05, 0.1) is 12.7 Å². The monoisotopic (exact) mass is 393 g/mol. The topological polar surface area (TPSA) is 92.6 Å². The van der Waals surface area contributed by atoms with E-state index in [-0.39, 0.29) is 17.3 Å². The van der Waals surface area contributed by atoms with Gasteiger partial charge < -0.3 is 9.84 Å². The number of carbonyl (C=O) groups excluding carboxylic acids is 2. The summed E-state index contributed by atoms with van der Waals surface area (Å²) >= 11 is 1.38. The predicted octanol–water partition coefficient (Wildman–Crippen LogP) is 3.17. The molecule has 28 heavy (non-hydrogen) atoms. The van der Waals surface area contributed by atoms with Gasteiger partial charge in [0.1, 0.15) is 17.6 Å². The smallest absolute Gasteiger partial charge is 0.302 e. The summed E-state index contributed by atoms with van der Waals surface area (Å²) in [5.74, 6) is -1.09. The van der Waals surface area contributed by atoms with Crippen LogP contribution in [0.15, 0.2) is 65.8 Å². The summed E-state index contributed by atoms with van der Waals surface area (Å²) < 4.78 is 5.13. The van der Waals surface area contributed by atoms with Crippen molar-refractivity contribution in [3.8, 4) is 5.75 Å². The fourth-order valence-corrected chi connectivity index (χ4v) is 3.90. The van der Waals surface area contributed by atoms with E-state index in [9.17, 15) is 14.7 Å². The van der Waals surface area contributed by atoms with Crippen LogP contribution in [-0.2, 0) is 9.59 Å². The van der Waals surface area contributed by atoms with Crippen molar-refractivity contribution >= 4 is 34.7 Å². The first-order valence-corrected chi connectivity index (χ1v) is 9.25. The van der Waals surface area contributed by atoms with E-state index >= 15 is 0 Å². The molecule has 1 fully saturated rings. The van der Waals surface area contributed by atoms with Crippen LogP contribution in [0.5, 0.6) is 5.75 Å². The van der Waals surface area contributed by atoms with Crippen molar-refractivity contribution in [1.29, 1.82) is 0 Å². The molecule has 7 nitrogen and oxygen atoms in total. The molecule has 0 spiro atoms. The highest BCUT2D eigenvalue weighted by Gasteiger charge is 2.48. The third kappa shape index (κ3) is 2.93. The van der Waals surface area contributed by atoms with E-state index in [2.05, 4.69) is 9.97 Å². The lowest BCUT2D eigenvalue weighted by Gasteiger charge is -2.21. The number of Topliss-reactive ketones (excluding diaryl/α,β-unsaturated/α-hetero) is 1. The third-order valence-electron chi connectivity index (χ3n) is 4.39. The normalized spacial score (nSPS) is 18.5. The fraction of sp³-hybridized carbons (Fsp3) is 0.100. The molecule has 1 aromatic carbocycles. The van der Waals surface area contributed by atoms with E-state index in [0.29, 0.717) is 11.3 Å². The van der Waals surface area contributed by atoms with E-state index in [0.717, 1.165) is 4.88 Å². The summed E-state index contributed by atoms with van der Waals surface area (Å²) in [7, 11) is 1.54. The second-order valence-corrected chi connectivity index (χ2v) is 6.94. The van der Waals surface area contributed by atoms with Crippen LogP contribution in [0.2, 0.25) is 0 Å². The molecule has 0 bridgehead atoms. The van der Waals surface area contributed by atoms with Crippen LogP contribution in [0.25, 0.3) is 5.76 Å². The zero-order valence-corrected chi connectivity index (χ0v) is 15.6. The number of ketones is 1. The number of anilines is 1. The van der Waals surface area contributed by atoms with Crippen molar-refractivity contribution in [3.63, 3.8) is 0 Å². The molecule has 3 aromatic rings. The number of benzene rings is 1. The number of hydrogen-bond donors (Lipinski definition) is 1. The number of hydrogen-bond acceptors (Lipinski definition) is 7. The van der Waals surface area contributed by atoms with Gasteiger partial charge in [-0.3, -0.25) is 14.5 Å². The Morgan fingerprint density at radius 3 is 2.43 bits per heavy atom. The Bertz CT molecular complexity index is 1050. The maximum absolute atomic E-state index is 12.8. The second kappa shape index (κ2) is 7.24. The molecular weight excluding hydrogens is 378 g/mol. The summed E-state index contributed by atoms with van der Waals surface area (Å²) in [5, 5.41) is 12.8. The SMILES string of the molecule is COc1ccc(/C(O)=C2\C(=O)C(=O)N(c3ncccn3)C2c2cccs2)cc1. The van der Waals surface area contributed by atoms with Gasteiger partial charge in [-0.15, -0.1) is 11.3 Å². The average Bonchev–Trinajstić information content (AvgIpc) is 3.35. The minimum atomic E-state index is -0.801. The Morgan fingerprint density at radius 2 is 1.82 bits per heavy atom. The summed E-state index contributed by atoms with van der Waals surface area (Å²) in [5.41, 5.74) is 0.416. The van der Waals surface area contributed by atoms with Crippen molar-refractivity contribution in [2.45, 2.75) is 6.04 Å². The van der Waals surface area contributed by atoms with Crippen LogP contribution < -0.4 is 9.64 Å². The molecule has 0 radical (unpaired) electrons. The number of ether oxygens (including phenoxy) is 1. The second-order valence-electron chi connectivity index (χ2n) is 5.96. The van der Waals surface area contributed by atoms with Crippen molar-refractivity contribution in [2.75, 3.05) is 12.0 Å². The number of nitrogens with zero attached hydrogens (tertiary/aromatic N) is 3. The quantitative estimate of drug-likeness (QED) is 0.416. The van der Waals surface area contributed by atoms with Gasteiger partial charge in [-0.1, -0.05) is 6.07 Å². The lowest BCUT2D eigenvalue weighted by atomic mass is 10.00. The third-order valence-corrected chi connectivity index (χ3v) is 5.31. The van der Waals surface area contributed by atoms with Crippen molar-refractivity contribution in [1.82, 2.24) is 9.97 Å². The number of aromatic nitrogens is 2. The van der Waals surface area contributed by atoms with Crippen molar-refractivity contribution in [2.24, 2.45) is 0 Å². The van der Waals surface area contributed by atoms with Gasteiger partial charge in [0.15, 0.2) is 0 Å². The highest BCUT2D eigenvalue weighted by atomic mass is 32.1. The van der Waals surface area contributed by atoms with Gasteiger partial charge in [-0.05, 0) is 41.8 Å². The Labute approximate surface area is 164 Å². The van der Waals surface area contributed by atoms with Crippen LogP contribution in [-0.4, -0.2) is 33.9 Å². The van der Waals surface area contributed by atoms with Crippen LogP contribution in [0.1, 0.15) is 16.5 Å². The number of carbonyl (C=O) groups is 2. The number of aliphatic hydroxyl groups is 1. The lowest BCUT2D eigenvalue weighted by Crippen LogP contribution is -2.30. The van der Waals surface area contributed by atoms with Crippen molar-refractivity contribution in [3.05, 3.63) is 76.3 Å². The maximum Gasteiger partial charge on any atom is 0.302 e. The summed E-state index contributed by atoms with van der Waals surface area (Å²) in [6.07, 6.45) is 2.99. The number of thiophene rings is 1. The number of aliphatic hydroxyl groups excluding tert-OH is 1. The molecule has 140 valence electrons. The molecule has 0 saturated carbocycles. The minimum absolute atomic E-state index is 0.00469. The Hall–Kier alpha value is -3.52. The predicted molar refractivity (Wildman–Crippen MR) is 104 cm³/mol. The molecule has 1 atom stereocenters. The van der Waals surface area contributed by atoms with E-state index in [1.807, 2.05) is 11.4 Å². The molecule has 2 aromatic heterocycles. The number of rotatable bonds is 4. The van der Waals surface area contributed by atoms with Crippen LogP contribution in [0.3, 0.4) is 0 Å². The minimum Gasteiger partial charge on any atom is -0.507 e. The molecule has 1 amide bonds. The highest BCUT2D eigenvalue weighted by molar-refractivity contribution is 7.10. The molecule has 0 aliphatic carbocycles. The Balaban J connectivity index is 1.89. The number of amides is 1. The summed E-state index contributed by atoms with van der Waals surface area (Å²) in [6.45, 7) is 0. The molecule has 1 unspecified atom stereocenters. The molecule has 4 rings (SSSR count). The molecule has 3 heterocycles. The summed E-state index contributed by atoms with van der Waals surface area (Å²) in [6, 6.07) is 11.1. The largest absolute Gasteiger partial charge is 0.507 e. The van der Waals surface area contributed by atoms with E-state index < -0.39 is 17.7 Å². The Kier molecular flexibility index (Phi) is 4.62. The van der Waals surface area contributed by atoms with Gasteiger partial charge >= 0.3 is 5.91 Å². The highest BCUT2D eigenvalue weighted by Crippen LogP contribution is 2.42. The zero-order valence-electron chi connectivity index (χ0n) is 14.8. The van der Waals surface area contributed by atoms with Gasteiger partial charge in [0, 0.05) is 22.8 Å². The van der Waals surface area contributed by atoms with Gasteiger partial charge in [0.2, 0.25) is 5.95 Å². The van der Waals surface area contributed by atoms with Crippen molar-refractivity contribution < 1.29 is 19.4 Å². The molecule has 1 saturated heterocycles. The fourth-order valence-electron chi connectivity index (χ4n) is 3.07. The van der Waals surface area contributed by atoms with Gasteiger partial charge in [-0.2, -0.15) is 0 Å². The standard InChI is InChI=1S/C20H15N3O4S/c1-27-13-7-5-12(6-8-13)17(24)15-16(14-4-2-11-28-14)23(19(26)18(15)25)20-21-9-3-10-22-20/h2-11,16,24H,1H3/b17-15+. The first kappa shape index (κ1) is 17.9. The maximum atomic E-state index is 12.8. The average molecular weight is 393 g/mol.